The van der Waals surface area contributed by atoms with Crippen molar-refractivity contribution < 1.29 is 19.2 Å². The van der Waals surface area contributed by atoms with E-state index in [0.717, 1.165) is 30.0 Å². The molecular formula is C22H28N3O3+. The number of nitrogens with zero attached hydrogens (tertiary/aromatic N) is 1. The van der Waals surface area contributed by atoms with Crippen LogP contribution in [0, 0.1) is 0 Å². The second kappa shape index (κ2) is 9.37. The lowest BCUT2D eigenvalue weighted by molar-refractivity contribution is -0.883. The van der Waals surface area contributed by atoms with Crippen molar-refractivity contribution in [1.82, 2.24) is 0 Å². The van der Waals surface area contributed by atoms with Gasteiger partial charge in [-0.2, -0.15) is 0 Å². The van der Waals surface area contributed by atoms with Crippen molar-refractivity contribution in [1.29, 1.82) is 0 Å². The molecule has 28 heavy (non-hydrogen) atoms. The summed E-state index contributed by atoms with van der Waals surface area (Å²) >= 11 is 0. The third kappa shape index (κ3) is 4.70. The number of hydrogen-bond donors (Lipinski definition) is 2. The summed E-state index contributed by atoms with van der Waals surface area (Å²) in [5.74, 6) is 0.568. The molecule has 0 fully saturated rings. The van der Waals surface area contributed by atoms with Crippen LogP contribution < -0.4 is 19.9 Å². The Morgan fingerprint density at radius 2 is 1.86 bits per heavy atom. The Bertz CT molecular complexity index is 837. The maximum absolute atomic E-state index is 12.9. The smallest absolute Gasteiger partial charge is 0.282 e. The van der Waals surface area contributed by atoms with Gasteiger partial charge in [0.15, 0.2) is 13.1 Å². The summed E-state index contributed by atoms with van der Waals surface area (Å²) in [5.41, 5.74) is 2.86. The van der Waals surface area contributed by atoms with Crippen LogP contribution in [-0.4, -0.2) is 45.1 Å². The minimum Gasteiger partial charge on any atom is -0.495 e. The van der Waals surface area contributed by atoms with Gasteiger partial charge in [-0.05, 0) is 36.6 Å². The number of hydrogen-bond acceptors (Lipinski definition) is 3. The summed E-state index contributed by atoms with van der Waals surface area (Å²) in [7, 11) is 1.58. The molecule has 3 rings (SSSR count). The molecule has 148 valence electrons. The van der Waals surface area contributed by atoms with Crippen molar-refractivity contribution in [3.63, 3.8) is 0 Å². The lowest BCUT2D eigenvalue weighted by Crippen LogP contribution is -3.14. The molecule has 2 amide bonds. The number of ether oxygens (including phenoxy) is 1. The molecule has 0 radical (unpaired) electrons. The van der Waals surface area contributed by atoms with E-state index in [-0.39, 0.29) is 18.4 Å². The number of nitrogens with one attached hydrogen (secondary N) is 2. The number of anilines is 2. The van der Waals surface area contributed by atoms with Gasteiger partial charge in [0.1, 0.15) is 5.75 Å². The highest BCUT2D eigenvalue weighted by Crippen LogP contribution is 2.27. The molecule has 0 aliphatic carbocycles. The Hall–Kier alpha value is -2.86. The maximum Gasteiger partial charge on any atom is 0.282 e. The molecule has 6 nitrogen and oxygen atoms in total. The zero-order valence-corrected chi connectivity index (χ0v) is 16.5. The Balaban J connectivity index is 1.62. The number of carbonyl (C=O) groups excluding carboxylic acids is 2. The minimum atomic E-state index is -0.123. The summed E-state index contributed by atoms with van der Waals surface area (Å²) in [4.78, 5) is 28.3. The van der Waals surface area contributed by atoms with E-state index in [4.69, 9.17) is 4.74 Å². The standard InChI is InChI=1S/C22H27N3O3/c1-3-13-24(15-21(26)23-18-9-5-7-11-20(18)28-2)16-22(27)25-14-12-17-8-4-6-10-19(17)25/h4-11H,3,12-16H2,1-2H3,(H,23,26)/p+1. The number of carbonyl (C=O) groups is 2. The van der Waals surface area contributed by atoms with Gasteiger partial charge in [0.25, 0.3) is 11.8 Å². The van der Waals surface area contributed by atoms with E-state index in [1.807, 2.05) is 41.3 Å². The first-order valence-corrected chi connectivity index (χ1v) is 9.77. The summed E-state index contributed by atoms with van der Waals surface area (Å²) < 4.78 is 5.28. The number of para-hydroxylation sites is 3. The van der Waals surface area contributed by atoms with Crippen LogP contribution in [0.1, 0.15) is 18.9 Å². The van der Waals surface area contributed by atoms with E-state index >= 15 is 0 Å². The summed E-state index contributed by atoms with van der Waals surface area (Å²) in [6.45, 7) is 4.09. The highest BCUT2D eigenvalue weighted by Gasteiger charge is 2.27. The average molecular weight is 382 g/mol. The number of fused-ring (bicyclic) bond motifs is 1. The molecule has 2 N–H and O–H groups in total. The molecule has 1 unspecified atom stereocenters. The molecule has 0 spiro atoms. The molecule has 0 saturated carbocycles. The van der Waals surface area contributed by atoms with Crippen LogP contribution in [-0.2, 0) is 16.0 Å². The van der Waals surface area contributed by atoms with Crippen LogP contribution in [0.15, 0.2) is 48.5 Å². The largest absolute Gasteiger partial charge is 0.495 e. The molecule has 2 aromatic carbocycles. The van der Waals surface area contributed by atoms with Crippen molar-refractivity contribution in [3.8, 4) is 5.75 Å². The van der Waals surface area contributed by atoms with Crippen molar-refractivity contribution in [2.45, 2.75) is 19.8 Å². The first kappa shape index (κ1) is 19.9. The molecule has 0 bridgehead atoms. The summed E-state index contributed by atoms with van der Waals surface area (Å²) in [5, 5.41) is 2.90. The Labute approximate surface area is 166 Å². The highest BCUT2D eigenvalue weighted by molar-refractivity contribution is 5.96. The number of rotatable bonds is 8. The van der Waals surface area contributed by atoms with Gasteiger partial charge in [0.2, 0.25) is 0 Å². The van der Waals surface area contributed by atoms with Crippen LogP contribution >= 0.6 is 0 Å². The molecule has 0 aromatic heterocycles. The lowest BCUT2D eigenvalue weighted by Gasteiger charge is -2.22. The normalized spacial score (nSPS) is 13.7. The van der Waals surface area contributed by atoms with E-state index in [1.54, 1.807) is 13.2 Å². The molecule has 1 aliphatic rings. The van der Waals surface area contributed by atoms with Crippen molar-refractivity contribution in [3.05, 3.63) is 54.1 Å². The Morgan fingerprint density at radius 1 is 1.11 bits per heavy atom. The highest BCUT2D eigenvalue weighted by atomic mass is 16.5. The minimum absolute atomic E-state index is 0.0680. The molecular weight excluding hydrogens is 354 g/mol. The maximum atomic E-state index is 12.9. The van der Waals surface area contributed by atoms with Gasteiger partial charge < -0.3 is 19.9 Å². The second-order valence-corrected chi connectivity index (χ2v) is 7.03. The number of methoxy groups -OCH3 is 1. The molecule has 2 aromatic rings. The average Bonchev–Trinajstić information content (AvgIpc) is 3.13. The van der Waals surface area contributed by atoms with Crippen LogP contribution in [0.3, 0.4) is 0 Å². The van der Waals surface area contributed by atoms with E-state index in [0.29, 0.717) is 24.5 Å². The number of quaternary nitrogens is 1. The topological polar surface area (TPSA) is 63.1 Å². The van der Waals surface area contributed by atoms with Gasteiger partial charge in [-0.15, -0.1) is 0 Å². The lowest BCUT2D eigenvalue weighted by atomic mass is 10.2. The molecule has 6 heteroatoms. The molecule has 0 saturated heterocycles. The fraction of sp³-hybridized carbons (Fsp3) is 0.364. The monoisotopic (exact) mass is 382 g/mol. The van der Waals surface area contributed by atoms with Crippen molar-refractivity contribution in [2.75, 3.05) is 43.5 Å². The van der Waals surface area contributed by atoms with E-state index in [9.17, 15) is 9.59 Å². The number of benzene rings is 2. The third-order valence-electron chi connectivity index (χ3n) is 4.98. The fourth-order valence-corrected chi connectivity index (χ4v) is 3.67. The van der Waals surface area contributed by atoms with Gasteiger partial charge in [-0.3, -0.25) is 9.59 Å². The quantitative estimate of drug-likeness (QED) is 0.728. The first-order chi connectivity index (χ1) is 13.6. The predicted octanol–water partition coefficient (Wildman–Crippen LogP) is 1.52. The van der Waals surface area contributed by atoms with Gasteiger partial charge in [-0.25, -0.2) is 0 Å². The van der Waals surface area contributed by atoms with Gasteiger partial charge in [-0.1, -0.05) is 37.3 Å². The SMILES string of the molecule is CCC[NH+](CC(=O)Nc1ccccc1OC)CC(=O)N1CCc2ccccc21. The summed E-state index contributed by atoms with van der Waals surface area (Å²) in [6.07, 6.45) is 1.79. The van der Waals surface area contributed by atoms with Crippen molar-refractivity contribution >= 4 is 23.2 Å². The third-order valence-corrected chi connectivity index (χ3v) is 4.98. The van der Waals surface area contributed by atoms with E-state index < -0.39 is 0 Å². The summed E-state index contributed by atoms with van der Waals surface area (Å²) in [6, 6.07) is 15.3. The zero-order valence-electron chi connectivity index (χ0n) is 16.5. The van der Waals surface area contributed by atoms with E-state index in [1.165, 1.54) is 5.56 Å². The van der Waals surface area contributed by atoms with Crippen molar-refractivity contribution in [2.24, 2.45) is 0 Å². The Morgan fingerprint density at radius 3 is 2.64 bits per heavy atom. The second-order valence-electron chi connectivity index (χ2n) is 7.03. The molecule has 1 atom stereocenters. The van der Waals surface area contributed by atoms with Crippen LogP contribution in [0.25, 0.3) is 0 Å². The molecule has 1 heterocycles. The Kier molecular flexibility index (Phi) is 6.66. The van der Waals surface area contributed by atoms with Crippen LogP contribution in [0.5, 0.6) is 5.75 Å². The zero-order chi connectivity index (χ0) is 19.9. The van der Waals surface area contributed by atoms with Gasteiger partial charge >= 0.3 is 0 Å². The van der Waals surface area contributed by atoms with Crippen LogP contribution in [0.2, 0.25) is 0 Å². The van der Waals surface area contributed by atoms with Gasteiger partial charge in [0, 0.05) is 12.2 Å². The first-order valence-electron chi connectivity index (χ1n) is 9.77. The fourth-order valence-electron chi connectivity index (χ4n) is 3.67. The van der Waals surface area contributed by atoms with Crippen LogP contribution in [0.4, 0.5) is 11.4 Å². The predicted molar refractivity (Wildman–Crippen MR) is 110 cm³/mol. The number of amides is 2. The molecule has 1 aliphatic heterocycles. The van der Waals surface area contributed by atoms with Gasteiger partial charge in [0.05, 0.1) is 19.3 Å². The van der Waals surface area contributed by atoms with E-state index in [2.05, 4.69) is 18.3 Å².